The predicted molar refractivity (Wildman–Crippen MR) is 89.9 cm³/mol. The molecule has 108 valence electrons. The molecule has 1 aliphatic rings. The first-order valence-electron chi connectivity index (χ1n) is 6.96. The molecule has 1 N–H and O–H groups in total. The number of hydrogen-bond donors (Lipinski definition) is 1. The molecule has 0 fully saturated rings. The summed E-state index contributed by atoms with van der Waals surface area (Å²) in [4.78, 5) is 4.60. The Hall–Kier alpha value is -1.78. The van der Waals surface area contributed by atoms with Gasteiger partial charge in [-0.05, 0) is 23.3 Å². The molecule has 0 saturated heterocycles. The summed E-state index contributed by atoms with van der Waals surface area (Å²) >= 11 is 1.79. The number of methoxy groups -OCH3 is 1. The predicted octanol–water partition coefficient (Wildman–Crippen LogP) is 4.09. The molecule has 3 rings (SSSR count). The molecule has 2 aromatic rings. The summed E-state index contributed by atoms with van der Waals surface area (Å²) in [5, 5.41) is 4.79. The molecule has 1 aliphatic heterocycles. The van der Waals surface area contributed by atoms with Crippen LogP contribution in [0.4, 0.5) is 5.69 Å². The molecular weight excluding hydrogens is 280 g/mol. The van der Waals surface area contributed by atoms with Crippen LogP contribution in [0, 0.1) is 0 Å². The van der Waals surface area contributed by atoms with Crippen molar-refractivity contribution in [2.45, 2.75) is 11.9 Å². The maximum absolute atomic E-state index is 5.16. The molecule has 0 aliphatic carbocycles. The minimum absolute atomic E-state index is 0.413. The van der Waals surface area contributed by atoms with Gasteiger partial charge in [-0.25, -0.2) is 0 Å². The van der Waals surface area contributed by atoms with Gasteiger partial charge in [0, 0.05) is 12.8 Å². The highest BCUT2D eigenvalue weighted by Crippen LogP contribution is 2.35. The fraction of sp³-hybridized carbons (Fsp3) is 0.235. The Labute approximate surface area is 129 Å². The van der Waals surface area contributed by atoms with Crippen molar-refractivity contribution in [2.24, 2.45) is 4.99 Å². The first-order chi connectivity index (χ1) is 10.3. The molecule has 1 unspecified atom stereocenters. The maximum atomic E-state index is 5.16. The molecular formula is C17H18N2OS. The second kappa shape index (κ2) is 6.78. The monoisotopic (exact) mass is 298 g/mol. The molecule has 3 nitrogen and oxygen atoms in total. The highest BCUT2D eigenvalue weighted by molar-refractivity contribution is 8.14. The van der Waals surface area contributed by atoms with Crippen molar-refractivity contribution in [1.29, 1.82) is 0 Å². The van der Waals surface area contributed by atoms with Crippen molar-refractivity contribution in [3.8, 4) is 0 Å². The van der Waals surface area contributed by atoms with Crippen LogP contribution in [0.2, 0.25) is 0 Å². The van der Waals surface area contributed by atoms with Crippen LogP contribution < -0.4 is 5.32 Å². The molecule has 2 aromatic carbocycles. The lowest BCUT2D eigenvalue weighted by atomic mass is 10.1. The average molecular weight is 298 g/mol. The lowest BCUT2D eigenvalue weighted by molar-refractivity contribution is 0.185. The second-order valence-electron chi connectivity index (χ2n) is 4.92. The van der Waals surface area contributed by atoms with E-state index >= 15 is 0 Å². The third kappa shape index (κ3) is 3.65. The van der Waals surface area contributed by atoms with E-state index in [9.17, 15) is 0 Å². The lowest BCUT2D eigenvalue weighted by Gasteiger charge is -2.10. The van der Waals surface area contributed by atoms with Crippen molar-refractivity contribution in [1.82, 2.24) is 0 Å². The van der Waals surface area contributed by atoms with Crippen LogP contribution in [0.3, 0.4) is 0 Å². The first-order valence-corrected chi connectivity index (χ1v) is 7.84. The van der Waals surface area contributed by atoms with E-state index in [0.717, 1.165) is 23.0 Å². The average Bonchev–Trinajstić information content (AvgIpc) is 2.97. The Morgan fingerprint density at radius 2 is 2.05 bits per heavy atom. The molecule has 1 heterocycles. The van der Waals surface area contributed by atoms with Crippen LogP contribution >= 0.6 is 11.8 Å². The number of ether oxygens (including phenoxy) is 1. The summed E-state index contributed by atoms with van der Waals surface area (Å²) in [5.74, 6) is 0. The Bertz CT molecular complexity index is 628. The number of amidine groups is 1. The van der Waals surface area contributed by atoms with E-state index in [-0.39, 0.29) is 0 Å². The number of nitrogens with zero attached hydrogens (tertiary/aromatic N) is 1. The van der Waals surface area contributed by atoms with Crippen molar-refractivity contribution < 1.29 is 4.74 Å². The van der Waals surface area contributed by atoms with E-state index in [0.29, 0.717) is 11.9 Å². The van der Waals surface area contributed by atoms with Crippen LogP contribution in [0.1, 0.15) is 16.4 Å². The summed E-state index contributed by atoms with van der Waals surface area (Å²) in [6, 6.07) is 18.8. The Morgan fingerprint density at radius 3 is 2.86 bits per heavy atom. The molecule has 0 aromatic heterocycles. The zero-order valence-electron chi connectivity index (χ0n) is 12.0. The molecule has 0 amide bonds. The fourth-order valence-corrected chi connectivity index (χ4v) is 3.35. The van der Waals surface area contributed by atoms with Gasteiger partial charge in [0.1, 0.15) is 0 Å². The van der Waals surface area contributed by atoms with Gasteiger partial charge in [0.2, 0.25) is 0 Å². The van der Waals surface area contributed by atoms with Crippen LogP contribution in [0.5, 0.6) is 0 Å². The smallest absolute Gasteiger partial charge is 0.161 e. The van der Waals surface area contributed by atoms with Crippen molar-refractivity contribution in [3.05, 3.63) is 65.7 Å². The zero-order valence-corrected chi connectivity index (χ0v) is 12.8. The molecule has 1 atom stereocenters. The van der Waals surface area contributed by atoms with E-state index in [1.807, 2.05) is 12.1 Å². The van der Waals surface area contributed by atoms with Crippen LogP contribution in [-0.4, -0.2) is 18.8 Å². The van der Waals surface area contributed by atoms with Crippen molar-refractivity contribution >= 4 is 22.6 Å². The normalized spacial score (nSPS) is 17.6. The molecule has 0 spiro atoms. The summed E-state index contributed by atoms with van der Waals surface area (Å²) in [6.45, 7) is 1.45. The van der Waals surface area contributed by atoms with Gasteiger partial charge in [0.05, 0.1) is 18.4 Å². The van der Waals surface area contributed by atoms with Gasteiger partial charge in [-0.3, -0.25) is 4.99 Å². The number of rotatable bonds is 4. The molecule has 0 radical (unpaired) electrons. The molecule has 0 bridgehead atoms. The maximum Gasteiger partial charge on any atom is 0.161 e. The van der Waals surface area contributed by atoms with Gasteiger partial charge in [-0.15, -0.1) is 0 Å². The third-order valence-electron chi connectivity index (χ3n) is 3.32. The van der Waals surface area contributed by atoms with Gasteiger partial charge in [0.15, 0.2) is 5.17 Å². The molecule has 4 heteroatoms. The van der Waals surface area contributed by atoms with E-state index < -0.39 is 0 Å². The number of benzene rings is 2. The van der Waals surface area contributed by atoms with Gasteiger partial charge in [-0.2, -0.15) is 0 Å². The van der Waals surface area contributed by atoms with Crippen molar-refractivity contribution in [3.63, 3.8) is 0 Å². The highest BCUT2D eigenvalue weighted by Gasteiger charge is 2.21. The summed E-state index contributed by atoms with van der Waals surface area (Å²) in [7, 11) is 1.71. The number of aliphatic imine (C=N–C) groups is 1. The van der Waals surface area contributed by atoms with Gasteiger partial charge >= 0.3 is 0 Å². The number of anilines is 1. The lowest BCUT2D eigenvalue weighted by Crippen LogP contribution is -2.05. The Balaban J connectivity index is 1.63. The van der Waals surface area contributed by atoms with Gasteiger partial charge < -0.3 is 10.1 Å². The number of thioether (sulfide) groups is 1. The van der Waals surface area contributed by atoms with E-state index in [1.54, 1.807) is 18.9 Å². The van der Waals surface area contributed by atoms with Gasteiger partial charge in [0.25, 0.3) is 0 Å². The first kappa shape index (κ1) is 14.2. The van der Waals surface area contributed by atoms with Crippen LogP contribution in [0.15, 0.2) is 59.6 Å². The fourth-order valence-electron chi connectivity index (χ4n) is 2.31. The van der Waals surface area contributed by atoms with E-state index in [2.05, 4.69) is 52.8 Å². The summed E-state index contributed by atoms with van der Waals surface area (Å²) in [6.07, 6.45) is 0. The highest BCUT2D eigenvalue weighted by atomic mass is 32.2. The van der Waals surface area contributed by atoms with Gasteiger partial charge in [-0.1, -0.05) is 54.2 Å². The minimum atomic E-state index is 0.413. The number of hydrogen-bond acceptors (Lipinski definition) is 4. The molecule has 0 saturated carbocycles. The summed E-state index contributed by atoms with van der Waals surface area (Å²) in [5.41, 5.74) is 3.55. The quantitative estimate of drug-likeness (QED) is 0.923. The van der Waals surface area contributed by atoms with E-state index in [4.69, 9.17) is 4.74 Å². The topological polar surface area (TPSA) is 33.6 Å². The minimum Gasteiger partial charge on any atom is -0.380 e. The number of nitrogens with one attached hydrogen (secondary N) is 1. The largest absolute Gasteiger partial charge is 0.380 e. The Kier molecular flexibility index (Phi) is 4.58. The SMILES string of the molecule is COCc1cccc(NC2=NCC(c3ccccc3)S2)c1. The second-order valence-corrected chi connectivity index (χ2v) is 6.11. The van der Waals surface area contributed by atoms with Crippen molar-refractivity contribution in [2.75, 3.05) is 19.0 Å². The van der Waals surface area contributed by atoms with E-state index in [1.165, 1.54) is 5.56 Å². The summed E-state index contributed by atoms with van der Waals surface area (Å²) < 4.78 is 5.16. The standard InChI is InChI=1S/C17H18N2OS/c1-20-12-13-6-5-9-15(10-13)19-17-18-11-16(21-17)14-7-3-2-4-8-14/h2-10,16H,11-12H2,1H3,(H,18,19). The molecule has 21 heavy (non-hydrogen) atoms. The van der Waals surface area contributed by atoms with Crippen LogP contribution in [-0.2, 0) is 11.3 Å². The third-order valence-corrected chi connectivity index (χ3v) is 4.48. The van der Waals surface area contributed by atoms with Crippen LogP contribution in [0.25, 0.3) is 0 Å². The zero-order chi connectivity index (χ0) is 14.5. The Morgan fingerprint density at radius 1 is 1.19 bits per heavy atom.